The lowest BCUT2D eigenvalue weighted by atomic mass is 10.0. The number of nitrogens with zero attached hydrogens (tertiary/aromatic N) is 1. The number of terminal acetylenes is 1. The van der Waals surface area contributed by atoms with Crippen LogP contribution in [0.5, 0.6) is 0 Å². The fourth-order valence-electron chi connectivity index (χ4n) is 1.42. The number of piperidine rings is 1. The maximum Gasteiger partial charge on any atom is 0.246 e. The molecule has 2 amide bonds. The highest BCUT2D eigenvalue weighted by Gasteiger charge is 2.30. The summed E-state index contributed by atoms with van der Waals surface area (Å²) in [6.07, 6.45) is 6.69. The van der Waals surface area contributed by atoms with Crippen LogP contribution in [-0.4, -0.2) is 36.3 Å². The van der Waals surface area contributed by atoms with Gasteiger partial charge in [-0.25, -0.2) is 0 Å². The van der Waals surface area contributed by atoms with Crippen molar-refractivity contribution in [1.82, 2.24) is 10.2 Å². The Labute approximate surface area is 83.6 Å². The van der Waals surface area contributed by atoms with Gasteiger partial charge in [-0.3, -0.25) is 14.5 Å². The van der Waals surface area contributed by atoms with E-state index in [1.807, 2.05) is 0 Å². The zero-order valence-electron chi connectivity index (χ0n) is 8.25. The van der Waals surface area contributed by atoms with Crippen molar-refractivity contribution in [2.75, 3.05) is 13.6 Å². The molecule has 0 aliphatic carbocycles. The SMILES string of the molecule is C#CCCNC1CCC(=O)N(C)C1=O. The first kappa shape index (κ1) is 10.7. The first-order valence-corrected chi connectivity index (χ1v) is 4.64. The molecule has 1 heterocycles. The Hall–Kier alpha value is -1.34. The van der Waals surface area contributed by atoms with Gasteiger partial charge in [-0.05, 0) is 6.42 Å². The minimum atomic E-state index is -0.244. The number of carbonyl (C=O) groups excluding carboxylic acids is 2. The lowest BCUT2D eigenvalue weighted by Gasteiger charge is -2.28. The zero-order valence-corrected chi connectivity index (χ0v) is 8.25. The first-order chi connectivity index (χ1) is 6.66. The molecule has 1 aliphatic heterocycles. The Kier molecular flexibility index (Phi) is 3.66. The molecule has 0 aromatic heterocycles. The van der Waals surface area contributed by atoms with E-state index < -0.39 is 0 Å². The Balaban J connectivity index is 2.44. The van der Waals surface area contributed by atoms with Crippen LogP contribution in [0.3, 0.4) is 0 Å². The van der Waals surface area contributed by atoms with Gasteiger partial charge < -0.3 is 5.32 Å². The second kappa shape index (κ2) is 4.77. The van der Waals surface area contributed by atoms with Crippen molar-refractivity contribution in [1.29, 1.82) is 0 Å². The molecular weight excluding hydrogens is 180 g/mol. The summed E-state index contributed by atoms with van der Waals surface area (Å²) in [5.41, 5.74) is 0. The number of amides is 2. The number of hydrogen-bond acceptors (Lipinski definition) is 3. The minimum absolute atomic E-state index is 0.106. The number of imide groups is 1. The monoisotopic (exact) mass is 194 g/mol. The van der Waals surface area contributed by atoms with Crippen LogP contribution < -0.4 is 5.32 Å². The normalized spacial score (nSPS) is 22.3. The molecular formula is C10H14N2O2. The summed E-state index contributed by atoms with van der Waals surface area (Å²) in [4.78, 5) is 23.8. The molecule has 0 bridgehead atoms. The fourth-order valence-corrected chi connectivity index (χ4v) is 1.42. The zero-order chi connectivity index (χ0) is 10.6. The fraction of sp³-hybridized carbons (Fsp3) is 0.600. The van der Waals surface area contributed by atoms with E-state index in [0.29, 0.717) is 25.8 Å². The van der Waals surface area contributed by atoms with Gasteiger partial charge in [0.1, 0.15) is 0 Å². The topological polar surface area (TPSA) is 49.4 Å². The summed E-state index contributed by atoms with van der Waals surface area (Å²) in [7, 11) is 1.51. The Bertz CT molecular complexity index is 280. The van der Waals surface area contributed by atoms with E-state index >= 15 is 0 Å². The van der Waals surface area contributed by atoms with E-state index in [4.69, 9.17) is 6.42 Å². The third kappa shape index (κ3) is 2.33. The summed E-state index contributed by atoms with van der Waals surface area (Å²) >= 11 is 0. The molecule has 0 saturated carbocycles. The van der Waals surface area contributed by atoms with Crippen molar-refractivity contribution in [3.05, 3.63) is 0 Å². The summed E-state index contributed by atoms with van der Waals surface area (Å²) in [6, 6.07) is -0.244. The van der Waals surface area contributed by atoms with E-state index in [0.717, 1.165) is 0 Å². The number of hydrogen-bond donors (Lipinski definition) is 1. The van der Waals surface area contributed by atoms with E-state index in [9.17, 15) is 9.59 Å². The van der Waals surface area contributed by atoms with Crippen LogP contribution in [0.1, 0.15) is 19.3 Å². The number of rotatable bonds is 3. The number of nitrogens with one attached hydrogen (secondary N) is 1. The molecule has 1 fully saturated rings. The van der Waals surface area contributed by atoms with Crippen LogP contribution in [0.15, 0.2) is 0 Å². The van der Waals surface area contributed by atoms with Gasteiger partial charge in [0.15, 0.2) is 0 Å². The highest BCUT2D eigenvalue weighted by atomic mass is 16.2. The van der Waals surface area contributed by atoms with E-state index in [1.165, 1.54) is 11.9 Å². The van der Waals surface area contributed by atoms with E-state index in [-0.39, 0.29) is 17.9 Å². The molecule has 1 N–H and O–H groups in total. The van der Waals surface area contributed by atoms with E-state index in [1.54, 1.807) is 0 Å². The van der Waals surface area contributed by atoms with Gasteiger partial charge in [0.25, 0.3) is 0 Å². The highest BCUT2D eigenvalue weighted by Crippen LogP contribution is 2.10. The Morgan fingerprint density at radius 2 is 2.36 bits per heavy atom. The molecule has 1 rings (SSSR count). The molecule has 0 aromatic rings. The highest BCUT2D eigenvalue weighted by molar-refractivity contribution is 6.00. The third-order valence-corrected chi connectivity index (χ3v) is 2.31. The predicted molar refractivity (Wildman–Crippen MR) is 52.3 cm³/mol. The lowest BCUT2D eigenvalue weighted by Crippen LogP contribution is -2.51. The average molecular weight is 194 g/mol. The molecule has 76 valence electrons. The summed E-state index contributed by atoms with van der Waals surface area (Å²) in [5, 5.41) is 3.04. The molecule has 0 aromatic carbocycles. The van der Waals surface area contributed by atoms with Gasteiger partial charge in [0.2, 0.25) is 11.8 Å². The summed E-state index contributed by atoms with van der Waals surface area (Å²) < 4.78 is 0. The first-order valence-electron chi connectivity index (χ1n) is 4.64. The maximum absolute atomic E-state index is 11.5. The molecule has 0 radical (unpaired) electrons. The van der Waals surface area contributed by atoms with Gasteiger partial charge in [0, 0.05) is 26.4 Å². The summed E-state index contributed by atoms with van der Waals surface area (Å²) in [5.74, 6) is 2.23. The molecule has 1 aliphatic rings. The van der Waals surface area contributed by atoms with Gasteiger partial charge >= 0.3 is 0 Å². The molecule has 1 saturated heterocycles. The van der Waals surface area contributed by atoms with Crippen molar-refractivity contribution in [2.45, 2.75) is 25.3 Å². The maximum atomic E-state index is 11.5. The van der Waals surface area contributed by atoms with Gasteiger partial charge in [-0.15, -0.1) is 12.3 Å². The smallest absolute Gasteiger partial charge is 0.246 e. The van der Waals surface area contributed by atoms with Gasteiger partial charge in [0.05, 0.1) is 6.04 Å². The minimum Gasteiger partial charge on any atom is -0.305 e. The predicted octanol–water partition coefficient (Wildman–Crippen LogP) is -0.253. The Morgan fingerprint density at radius 3 is 3.00 bits per heavy atom. The largest absolute Gasteiger partial charge is 0.305 e. The van der Waals surface area contributed by atoms with Crippen LogP contribution in [0.2, 0.25) is 0 Å². The van der Waals surface area contributed by atoms with Crippen molar-refractivity contribution in [2.24, 2.45) is 0 Å². The second-order valence-electron chi connectivity index (χ2n) is 3.29. The van der Waals surface area contributed by atoms with Crippen LogP contribution in [0.4, 0.5) is 0 Å². The molecule has 4 nitrogen and oxygen atoms in total. The second-order valence-corrected chi connectivity index (χ2v) is 3.29. The van der Waals surface area contributed by atoms with E-state index in [2.05, 4.69) is 11.2 Å². The molecule has 1 atom stereocenters. The van der Waals surface area contributed by atoms with Crippen LogP contribution in [0.25, 0.3) is 0 Å². The van der Waals surface area contributed by atoms with Crippen molar-refractivity contribution in [3.63, 3.8) is 0 Å². The van der Waals surface area contributed by atoms with Crippen molar-refractivity contribution < 1.29 is 9.59 Å². The molecule has 0 spiro atoms. The van der Waals surface area contributed by atoms with Gasteiger partial charge in [-0.2, -0.15) is 0 Å². The standard InChI is InChI=1S/C10H14N2O2/c1-3-4-7-11-8-5-6-9(13)12(2)10(8)14/h1,8,11H,4-7H2,2H3. The van der Waals surface area contributed by atoms with Crippen LogP contribution in [0, 0.1) is 12.3 Å². The number of carbonyl (C=O) groups is 2. The number of likely N-dealkylation sites (tertiary alicyclic amines) is 1. The molecule has 1 unspecified atom stereocenters. The number of likely N-dealkylation sites (N-methyl/N-ethyl adjacent to an activating group) is 1. The van der Waals surface area contributed by atoms with Crippen molar-refractivity contribution >= 4 is 11.8 Å². The quantitative estimate of drug-likeness (QED) is 0.383. The molecule has 4 heteroatoms. The van der Waals surface area contributed by atoms with Gasteiger partial charge in [-0.1, -0.05) is 0 Å². The van der Waals surface area contributed by atoms with Crippen molar-refractivity contribution in [3.8, 4) is 12.3 Å². The molecule has 14 heavy (non-hydrogen) atoms. The Morgan fingerprint density at radius 1 is 1.64 bits per heavy atom. The van der Waals surface area contributed by atoms with Crippen LogP contribution >= 0.6 is 0 Å². The lowest BCUT2D eigenvalue weighted by molar-refractivity contribution is -0.148. The average Bonchev–Trinajstić information content (AvgIpc) is 2.18. The third-order valence-electron chi connectivity index (χ3n) is 2.31. The van der Waals surface area contributed by atoms with Crippen LogP contribution in [-0.2, 0) is 9.59 Å². The summed E-state index contributed by atoms with van der Waals surface area (Å²) in [6.45, 7) is 0.620.